The van der Waals surface area contributed by atoms with E-state index in [0.717, 1.165) is 30.9 Å². The van der Waals surface area contributed by atoms with Crippen molar-refractivity contribution in [1.29, 1.82) is 0 Å². The lowest BCUT2D eigenvalue weighted by Gasteiger charge is -2.17. The number of hydrogen-bond acceptors (Lipinski definition) is 4. The summed E-state index contributed by atoms with van der Waals surface area (Å²) in [5.41, 5.74) is 7.29. The molecule has 0 bridgehead atoms. The van der Waals surface area contributed by atoms with Crippen LogP contribution in [0.2, 0.25) is 0 Å². The summed E-state index contributed by atoms with van der Waals surface area (Å²) in [6.07, 6.45) is 4.57. The number of nitrogens with two attached hydrogens (primary N) is 1. The van der Waals surface area contributed by atoms with Crippen LogP contribution in [0.25, 0.3) is 0 Å². The Morgan fingerprint density at radius 3 is 2.63 bits per heavy atom. The molecule has 1 fully saturated rings. The molecule has 0 amide bonds. The van der Waals surface area contributed by atoms with Gasteiger partial charge in [0, 0.05) is 12.1 Å². The molecule has 4 heteroatoms. The molecule has 1 aliphatic carbocycles. The minimum Gasteiger partial charge on any atom is -0.493 e. The minimum absolute atomic E-state index is 0.324. The lowest BCUT2D eigenvalue weighted by atomic mass is 10.1. The van der Waals surface area contributed by atoms with Crippen molar-refractivity contribution >= 4 is 0 Å². The van der Waals surface area contributed by atoms with Gasteiger partial charge in [-0.05, 0) is 43.5 Å². The van der Waals surface area contributed by atoms with Gasteiger partial charge in [-0.3, -0.25) is 0 Å². The summed E-state index contributed by atoms with van der Waals surface area (Å²) in [4.78, 5) is 0. The van der Waals surface area contributed by atoms with Gasteiger partial charge in [-0.2, -0.15) is 0 Å². The fourth-order valence-electron chi connectivity index (χ4n) is 2.68. The first kappa shape index (κ1) is 14.2. The number of nitrogens with one attached hydrogen (secondary N) is 1. The van der Waals surface area contributed by atoms with Crippen LogP contribution in [-0.2, 0) is 6.42 Å². The topological polar surface area (TPSA) is 56.5 Å². The maximum absolute atomic E-state index is 6.04. The SMILES string of the molecule is COc1ccc(CCN[C@H]2CCC[C@H]2N)cc1OC. The van der Waals surface area contributed by atoms with Gasteiger partial charge in [-0.15, -0.1) is 0 Å². The molecule has 0 radical (unpaired) electrons. The Hall–Kier alpha value is -1.26. The highest BCUT2D eigenvalue weighted by Crippen LogP contribution is 2.27. The molecule has 3 N–H and O–H groups in total. The maximum Gasteiger partial charge on any atom is 0.160 e. The Kier molecular flexibility index (Phi) is 5.05. The third-order valence-electron chi connectivity index (χ3n) is 3.84. The number of rotatable bonds is 6. The van der Waals surface area contributed by atoms with E-state index < -0.39 is 0 Å². The molecule has 1 aliphatic rings. The minimum atomic E-state index is 0.324. The number of hydrogen-bond donors (Lipinski definition) is 2. The highest BCUT2D eigenvalue weighted by molar-refractivity contribution is 5.42. The van der Waals surface area contributed by atoms with Crippen molar-refractivity contribution in [3.8, 4) is 11.5 Å². The fourth-order valence-corrected chi connectivity index (χ4v) is 2.68. The molecule has 1 aromatic carbocycles. The predicted octanol–water partition coefficient (Wildman–Crippen LogP) is 1.72. The Morgan fingerprint density at radius 1 is 1.21 bits per heavy atom. The summed E-state index contributed by atoms with van der Waals surface area (Å²) in [6.45, 7) is 0.952. The lowest BCUT2D eigenvalue weighted by molar-refractivity contribution is 0.354. The summed E-state index contributed by atoms with van der Waals surface area (Å²) < 4.78 is 10.5. The predicted molar refractivity (Wildman–Crippen MR) is 76.9 cm³/mol. The van der Waals surface area contributed by atoms with Crippen LogP contribution >= 0.6 is 0 Å². The van der Waals surface area contributed by atoms with Crippen LogP contribution in [0.15, 0.2) is 18.2 Å². The van der Waals surface area contributed by atoms with Crippen LogP contribution in [0, 0.1) is 0 Å². The standard InChI is InChI=1S/C15H24N2O2/c1-18-14-7-6-11(10-15(14)19-2)8-9-17-13-5-3-4-12(13)16/h6-7,10,12-13,17H,3-5,8-9,16H2,1-2H3/t12-,13+/m1/s1. The molecule has 0 saturated heterocycles. The molecule has 0 heterocycles. The van der Waals surface area contributed by atoms with Crippen molar-refractivity contribution in [2.24, 2.45) is 5.73 Å². The zero-order valence-corrected chi connectivity index (χ0v) is 11.8. The summed E-state index contributed by atoms with van der Waals surface area (Å²) in [5, 5.41) is 3.55. The van der Waals surface area contributed by atoms with Crippen molar-refractivity contribution in [1.82, 2.24) is 5.32 Å². The molecule has 0 aromatic heterocycles. The molecule has 1 aromatic rings. The normalized spacial score (nSPS) is 22.5. The molecule has 0 spiro atoms. The van der Waals surface area contributed by atoms with E-state index in [-0.39, 0.29) is 0 Å². The molecular formula is C15H24N2O2. The first-order chi connectivity index (χ1) is 9.24. The lowest BCUT2D eigenvalue weighted by Crippen LogP contribution is -2.41. The van der Waals surface area contributed by atoms with E-state index in [1.807, 2.05) is 12.1 Å². The van der Waals surface area contributed by atoms with Crippen LogP contribution in [0.5, 0.6) is 11.5 Å². The van der Waals surface area contributed by atoms with Gasteiger partial charge in [-0.25, -0.2) is 0 Å². The van der Waals surface area contributed by atoms with Crippen molar-refractivity contribution in [2.45, 2.75) is 37.8 Å². The first-order valence-electron chi connectivity index (χ1n) is 6.94. The highest BCUT2D eigenvalue weighted by atomic mass is 16.5. The number of benzene rings is 1. The Morgan fingerprint density at radius 2 is 2.00 bits per heavy atom. The molecule has 1 saturated carbocycles. The summed E-state index contributed by atoms with van der Waals surface area (Å²) in [5.74, 6) is 1.56. The second-order valence-electron chi connectivity index (χ2n) is 5.09. The number of methoxy groups -OCH3 is 2. The van der Waals surface area contributed by atoms with Crippen molar-refractivity contribution in [2.75, 3.05) is 20.8 Å². The molecule has 106 valence electrons. The first-order valence-corrected chi connectivity index (χ1v) is 6.94. The molecule has 2 rings (SSSR count). The van der Waals surface area contributed by atoms with Gasteiger partial charge in [-0.1, -0.05) is 12.5 Å². The number of ether oxygens (including phenoxy) is 2. The second-order valence-corrected chi connectivity index (χ2v) is 5.09. The smallest absolute Gasteiger partial charge is 0.160 e. The van der Waals surface area contributed by atoms with E-state index in [0.29, 0.717) is 12.1 Å². The van der Waals surface area contributed by atoms with Gasteiger partial charge in [0.2, 0.25) is 0 Å². The Bertz CT molecular complexity index is 409. The van der Waals surface area contributed by atoms with Crippen LogP contribution in [0.3, 0.4) is 0 Å². The van der Waals surface area contributed by atoms with Gasteiger partial charge in [0.25, 0.3) is 0 Å². The van der Waals surface area contributed by atoms with E-state index in [1.54, 1.807) is 14.2 Å². The summed E-state index contributed by atoms with van der Waals surface area (Å²) in [6, 6.07) is 6.88. The van der Waals surface area contributed by atoms with Crippen LogP contribution in [-0.4, -0.2) is 32.8 Å². The Labute approximate surface area is 115 Å². The monoisotopic (exact) mass is 264 g/mol. The third-order valence-corrected chi connectivity index (χ3v) is 3.84. The summed E-state index contributed by atoms with van der Waals surface area (Å²) in [7, 11) is 3.32. The zero-order valence-electron chi connectivity index (χ0n) is 11.8. The van der Waals surface area contributed by atoms with Crippen molar-refractivity contribution < 1.29 is 9.47 Å². The van der Waals surface area contributed by atoms with Crippen LogP contribution in [0.1, 0.15) is 24.8 Å². The maximum atomic E-state index is 6.04. The Balaban J connectivity index is 1.85. The van der Waals surface area contributed by atoms with E-state index in [9.17, 15) is 0 Å². The van der Waals surface area contributed by atoms with E-state index in [2.05, 4.69) is 11.4 Å². The van der Waals surface area contributed by atoms with Crippen molar-refractivity contribution in [3.05, 3.63) is 23.8 Å². The molecular weight excluding hydrogens is 240 g/mol. The second kappa shape index (κ2) is 6.78. The molecule has 19 heavy (non-hydrogen) atoms. The van der Waals surface area contributed by atoms with E-state index in [1.165, 1.54) is 18.4 Å². The summed E-state index contributed by atoms with van der Waals surface area (Å²) >= 11 is 0. The average Bonchev–Trinajstić information content (AvgIpc) is 2.84. The molecule has 2 atom stereocenters. The molecule has 0 unspecified atom stereocenters. The average molecular weight is 264 g/mol. The largest absolute Gasteiger partial charge is 0.493 e. The van der Waals surface area contributed by atoms with Gasteiger partial charge >= 0.3 is 0 Å². The van der Waals surface area contributed by atoms with E-state index >= 15 is 0 Å². The molecule has 4 nitrogen and oxygen atoms in total. The fraction of sp³-hybridized carbons (Fsp3) is 0.600. The third kappa shape index (κ3) is 3.61. The van der Waals surface area contributed by atoms with Crippen LogP contribution < -0.4 is 20.5 Å². The molecule has 0 aliphatic heterocycles. The van der Waals surface area contributed by atoms with Gasteiger partial charge in [0.05, 0.1) is 14.2 Å². The van der Waals surface area contributed by atoms with Gasteiger partial charge < -0.3 is 20.5 Å². The van der Waals surface area contributed by atoms with Gasteiger partial charge in [0.1, 0.15) is 0 Å². The van der Waals surface area contributed by atoms with Crippen molar-refractivity contribution in [3.63, 3.8) is 0 Å². The van der Waals surface area contributed by atoms with Crippen LogP contribution in [0.4, 0.5) is 0 Å². The van der Waals surface area contributed by atoms with Gasteiger partial charge in [0.15, 0.2) is 11.5 Å². The quantitative estimate of drug-likeness (QED) is 0.821. The van der Waals surface area contributed by atoms with E-state index in [4.69, 9.17) is 15.2 Å². The highest BCUT2D eigenvalue weighted by Gasteiger charge is 2.22. The zero-order chi connectivity index (χ0) is 13.7.